The Bertz CT molecular complexity index is 1410. The highest BCUT2D eigenvalue weighted by Crippen LogP contribution is 2.61. The van der Waals surface area contributed by atoms with Crippen molar-refractivity contribution in [3.05, 3.63) is 91.3 Å². The van der Waals surface area contributed by atoms with Crippen molar-refractivity contribution in [1.82, 2.24) is 10.5 Å². The van der Waals surface area contributed by atoms with Gasteiger partial charge in [0.25, 0.3) is 5.69 Å². The first kappa shape index (κ1) is 23.4. The summed E-state index contributed by atoms with van der Waals surface area (Å²) in [6.07, 6.45) is -4.92. The van der Waals surface area contributed by atoms with Crippen LogP contribution in [-0.4, -0.2) is 33.1 Å². The number of aromatic nitrogens is 1. The Kier molecular flexibility index (Phi) is 5.10. The standard InChI is InChI=1S/C22H16F3N5O6/c1-10-17(30(34)35)18(36-28-10)16-15(11-5-3-2-4-6-11)19(22(23,24)25)27-21(16)13-9-12(29(32)33)7-8-14(13)26-20(21)31/h2-9,15-16,19,27H,1H3,(H,26,31)/t15-,16+,19-,21-/m1/s1. The number of carbonyl (C=O) groups is 1. The number of non-ortho nitro benzene ring substituents is 1. The second-order valence-electron chi connectivity index (χ2n) is 8.56. The Morgan fingerprint density at radius 1 is 1.08 bits per heavy atom. The van der Waals surface area contributed by atoms with Gasteiger partial charge in [-0.15, -0.1) is 0 Å². The van der Waals surface area contributed by atoms with Crippen LogP contribution in [-0.2, 0) is 10.3 Å². The minimum atomic E-state index is -4.92. The van der Waals surface area contributed by atoms with E-state index in [0.717, 1.165) is 12.1 Å². The summed E-state index contributed by atoms with van der Waals surface area (Å²) in [4.78, 5) is 35.3. The molecule has 186 valence electrons. The molecule has 0 unspecified atom stereocenters. The predicted molar refractivity (Wildman–Crippen MR) is 116 cm³/mol. The molecule has 14 heteroatoms. The van der Waals surface area contributed by atoms with E-state index in [1.807, 2.05) is 0 Å². The highest BCUT2D eigenvalue weighted by Gasteiger charge is 2.69. The van der Waals surface area contributed by atoms with Gasteiger partial charge >= 0.3 is 11.9 Å². The van der Waals surface area contributed by atoms with Gasteiger partial charge < -0.3 is 9.84 Å². The molecule has 3 heterocycles. The van der Waals surface area contributed by atoms with Crippen LogP contribution in [0.4, 0.5) is 30.2 Å². The number of fused-ring (bicyclic) bond motifs is 2. The lowest BCUT2D eigenvalue weighted by molar-refractivity contribution is -0.386. The van der Waals surface area contributed by atoms with E-state index in [9.17, 15) is 38.2 Å². The Labute approximate surface area is 199 Å². The number of nitro groups is 2. The fraction of sp³-hybridized carbons (Fsp3) is 0.273. The number of benzene rings is 2. The van der Waals surface area contributed by atoms with Crippen molar-refractivity contribution in [2.24, 2.45) is 0 Å². The van der Waals surface area contributed by atoms with E-state index in [1.54, 1.807) is 6.07 Å². The molecule has 1 aromatic heterocycles. The summed E-state index contributed by atoms with van der Waals surface area (Å²) in [6, 6.07) is 8.32. The molecule has 3 aromatic rings. The van der Waals surface area contributed by atoms with Crippen LogP contribution in [0.1, 0.15) is 34.4 Å². The molecule has 0 radical (unpaired) electrons. The highest BCUT2D eigenvalue weighted by molar-refractivity contribution is 6.07. The van der Waals surface area contributed by atoms with Crippen LogP contribution in [0.15, 0.2) is 53.1 Å². The third-order valence-corrected chi connectivity index (χ3v) is 6.67. The molecule has 2 aliphatic heterocycles. The molecule has 1 spiro atoms. The Hall–Kier alpha value is -4.33. The number of carbonyl (C=O) groups excluding carboxylic acids is 1. The summed E-state index contributed by atoms with van der Waals surface area (Å²) < 4.78 is 48.8. The van der Waals surface area contributed by atoms with E-state index in [2.05, 4.69) is 15.8 Å². The van der Waals surface area contributed by atoms with Crippen molar-refractivity contribution in [2.75, 3.05) is 5.32 Å². The van der Waals surface area contributed by atoms with Gasteiger partial charge in [0.1, 0.15) is 11.6 Å². The summed E-state index contributed by atoms with van der Waals surface area (Å²) in [5.41, 5.74) is -3.61. The van der Waals surface area contributed by atoms with E-state index in [-0.39, 0.29) is 22.5 Å². The number of rotatable bonds is 4. The molecule has 1 saturated heterocycles. The third-order valence-electron chi connectivity index (χ3n) is 6.67. The zero-order valence-electron chi connectivity index (χ0n) is 18.3. The zero-order valence-corrected chi connectivity index (χ0v) is 18.3. The van der Waals surface area contributed by atoms with Gasteiger partial charge in [-0.05, 0) is 18.6 Å². The summed E-state index contributed by atoms with van der Waals surface area (Å²) in [7, 11) is 0. The maximum Gasteiger partial charge on any atom is 0.404 e. The molecule has 0 aliphatic carbocycles. The number of nitrogens with zero attached hydrogens (tertiary/aromatic N) is 3. The minimum Gasteiger partial charge on any atom is -0.353 e. The van der Waals surface area contributed by atoms with E-state index in [4.69, 9.17) is 4.52 Å². The van der Waals surface area contributed by atoms with Crippen molar-refractivity contribution < 1.29 is 32.3 Å². The van der Waals surface area contributed by atoms with Crippen molar-refractivity contribution >= 4 is 23.0 Å². The van der Waals surface area contributed by atoms with Crippen molar-refractivity contribution in [3.8, 4) is 0 Å². The predicted octanol–water partition coefficient (Wildman–Crippen LogP) is 4.05. The lowest BCUT2D eigenvalue weighted by Gasteiger charge is -2.29. The number of nitro benzene ring substituents is 1. The molecule has 0 saturated carbocycles. The van der Waals surface area contributed by atoms with Crippen LogP contribution in [0.25, 0.3) is 0 Å². The Morgan fingerprint density at radius 3 is 2.39 bits per heavy atom. The van der Waals surface area contributed by atoms with E-state index in [0.29, 0.717) is 0 Å². The van der Waals surface area contributed by atoms with Gasteiger partial charge in [-0.25, -0.2) is 0 Å². The SMILES string of the molecule is Cc1noc([C@@H]2[C@@H](c3ccccc3)[C@H](C(F)(F)F)N[C@@]23C(=O)Nc2ccc([N+](=O)[O-])cc23)c1[N+](=O)[O-]. The smallest absolute Gasteiger partial charge is 0.353 e. The second kappa shape index (κ2) is 7.84. The molecule has 1 amide bonds. The van der Waals surface area contributed by atoms with Crippen molar-refractivity contribution in [2.45, 2.75) is 36.5 Å². The number of alkyl halides is 3. The second-order valence-corrected chi connectivity index (χ2v) is 8.56. The van der Waals surface area contributed by atoms with E-state index in [1.165, 1.54) is 37.3 Å². The zero-order chi connectivity index (χ0) is 26.0. The molecule has 5 rings (SSSR count). The lowest BCUT2D eigenvalue weighted by Crippen LogP contribution is -2.52. The molecule has 2 N–H and O–H groups in total. The van der Waals surface area contributed by atoms with Crippen LogP contribution >= 0.6 is 0 Å². The minimum absolute atomic E-state index is 0.0385. The van der Waals surface area contributed by atoms with Crippen molar-refractivity contribution in [3.63, 3.8) is 0 Å². The number of hydrogen-bond acceptors (Lipinski definition) is 8. The first-order valence-corrected chi connectivity index (χ1v) is 10.6. The van der Waals surface area contributed by atoms with Gasteiger partial charge in [0, 0.05) is 29.3 Å². The first-order valence-electron chi connectivity index (χ1n) is 10.6. The van der Waals surface area contributed by atoms with Gasteiger partial charge in [-0.1, -0.05) is 35.5 Å². The molecular formula is C22H16F3N5O6. The quantitative estimate of drug-likeness (QED) is 0.399. The molecule has 11 nitrogen and oxygen atoms in total. The molecule has 1 fully saturated rings. The average molecular weight is 503 g/mol. The summed E-state index contributed by atoms with van der Waals surface area (Å²) in [5, 5.41) is 31.9. The molecule has 4 atom stereocenters. The largest absolute Gasteiger partial charge is 0.404 e. The first-order chi connectivity index (χ1) is 17.0. The van der Waals surface area contributed by atoms with Gasteiger partial charge in [0.05, 0.1) is 15.8 Å². The lowest BCUT2D eigenvalue weighted by atomic mass is 9.71. The van der Waals surface area contributed by atoms with E-state index >= 15 is 0 Å². The van der Waals surface area contributed by atoms with E-state index < -0.39 is 62.5 Å². The fourth-order valence-corrected chi connectivity index (χ4v) is 5.28. The number of nitrogens with one attached hydrogen (secondary N) is 2. The number of amides is 1. The monoisotopic (exact) mass is 503 g/mol. The normalized spacial score (nSPS) is 25.1. The Balaban J connectivity index is 1.87. The molecule has 0 bridgehead atoms. The van der Waals surface area contributed by atoms with Crippen LogP contribution in [0.5, 0.6) is 0 Å². The molecule has 2 aromatic carbocycles. The Morgan fingerprint density at radius 2 is 1.78 bits per heavy atom. The highest BCUT2D eigenvalue weighted by atomic mass is 19.4. The van der Waals surface area contributed by atoms with Crippen LogP contribution < -0.4 is 10.6 Å². The van der Waals surface area contributed by atoms with Gasteiger partial charge in [0.2, 0.25) is 11.7 Å². The average Bonchev–Trinajstić information content (AvgIpc) is 3.46. The summed E-state index contributed by atoms with van der Waals surface area (Å²) in [5.74, 6) is -4.73. The summed E-state index contributed by atoms with van der Waals surface area (Å²) in [6.45, 7) is 1.26. The van der Waals surface area contributed by atoms with Crippen LogP contribution in [0.2, 0.25) is 0 Å². The van der Waals surface area contributed by atoms with Crippen LogP contribution in [0.3, 0.4) is 0 Å². The van der Waals surface area contributed by atoms with Gasteiger partial charge in [-0.2, -0.15) is 13.2 Å². The third kappa shape index (κ3) is 3.25. The van der Waals surface area contributed by atoms with Gasteiger partial charge in [0.15, 0.2) is 5.69 Å². The maximum absolute atomic E-state index is 14.5. The molecule has 2 aliphatic rings. The van der Waals surface area contributed by atoms with Crippen molar-refractivity contribution in [1.29, 1.82) is 0 Å². The van der Waals surface area contributed by atoms with Gasteiger partial charge in [-0.3, -0.25) is 30.3 Å². The topological polar surface area (TPSA) is 153 Å². The molecular weight excluding hydrogens is 487 g/mol. The number of anilines is 1. The van der Waals surface area contributed by atoms with Crippen LogP contribution in [0, 0.1) is 27.2 Å². The summed E-state index contributed by atoms with van der Waals surface area (Å²) >= 11 is 0. The number of halogens is 3. The maximum atomic E-state index is 14.5. The number of hydrogen-bond donors (Lipinski definition) is 2. The molecule has 36 heavy (non-hydrogen) atoms. The fourth-order valence-electron chi connectivity index (χ4n) is 5.28. The number of aryl methyl sites for hydroxylation is 1.